The predicted octanol–water partition coefficient (Wildman–Crippen LogP) is 4.41. The summed E-state index contributed by atoms with van der Waals surface area (Å²) in [5.41, 5.74) is 2.22. The van der Waals surface area contributed by atoms with Gasteiger partial charge in [-0.3, -0.25) is 24.1 Å². The van der Waals surface area contributed by atoms with Gasteiger partial charge in [0.25, 0.3) is 5.91 Å². The Bertz CT molecular complexity index is 1970. The molecule has 3 aromatic carbocycles. The van der Waals surface area contributed by atoms with Crippen molar-refractivity contribution in [2.75, 3.05) is 30.1 Å². The maximum atomic E-state index is 15.0. The molecule has 1 N–H and O–H groups in total. The number of hydrogen-bond acceptors (Lipinski definition) is 8. The summed E-state index contributed by atoms with van der Waals surface area (Å²) >= 11 is 0. The maximum Gasteiger partial charge on any atom is 0.304 e. The smallest absolute Gasteiger partial charge is 0.304 e. The van der Waals surface area contributed by atoms with E-state index in [4.69, 9.17) is 14.2 Å². The lowest BCUT2D eigenvalue weighted by Gasteiger charge is -2.39. The van der Waals surface area contributed by atoms with E-state index in [1.54, 1.807) is 29.1 Å². The fourth-order valence-electron chi connectivity index (χ4n) is 9.28. The lowest BCUT2D eigenvalue weighted by Crippen LogP contribution is -2.55. The Kier molecular flexibility index (Phi) is 9.58. The summed E-state index contributed by atoms with van der Waals surface area (Å²) in [5.74, 6) is -0.746. The van der Waals surface area contributed by atoms with Gasteiger partial charge in [-0.25, -0.2) is 0 Å². The van der Waals surface area contributed by atoms with Crippen LogP contribution in [0.1, 0.15) is 43.4 Å². The van der Waals surface area contributed by atoms with Crippen LogP contribution < -0.4 is 19.7 Å². The van der Waals surface area contributed by atoms with Crippen LogP contribution in [0, 0.1) is 5.92 Å². The number of aliphatic hydroxyl groups excluding tert-OH is 1. The van der Waals surface area contributed by atoms with Gasteiger partial charge in [0.2, 0.25) is 11.8 Å². The van der Waals surface area contributed by atoms with Crippen molar-refractivity contribution >= 4 is 48.3 Å². The van der Waals surface area contributed by atoms with E-state index in [1.165, 1.54) is 11.8 Å². The van der Waals surface area contributed by atoms with Gasteiger partial charge in [-0.2, -0.15) is 0 Å². The van der Waals surface area contributed by atoms with Crippen LogP contribution in [0.15, 0.2) is 79.4 Å². The second-order valence-corrected chi connectivity index (χ2v) is 19.8. The Morgan fingerprint density at radius 3 is 2.42 bits per heavy atom. The van der Waals surface area contributed by atoms with Crippen LogP contribution in [0.25, 0.3) is 0 Å². The highest BCUT2D eigenvalue weighted by Crippen LogP contribution is 2.60. The molecule has 1 spiro atoms. The minimum Gasteiger partial charge on any atom is -0.497 e. The summed E-state index contributed by atoms with van der Waals surface area (Å²) in [6.07, 6.45) is 0.911. The highest BCUT2D eigenvalue weighted by atomic mass is 28.3. The first-order chi connectivity index (χ1) is 25.3. The third-order valence-corrected chi connectivity index (χ3v) is 16.2. The molecule has 2 fully saturated rings. The molecule has 0 saturated carbocycles. The normalized spacial score (nSPS) is 26.3. The number of aliphatic hydroxyl groups is 1. The molecule has 2 saturated heterocycles. The van der Waals surface area contributed by atoms with Crippen molar-refractivity contribution in [2.45, 2.75) is 82.3 Å². The first kappa shape index (κ1) is 36.6. The minimum atomic E-state index is -2.58. The largest absolute Gasteiger partial charge is 0.497 e. The van der Waals surface area contributed by atoms with Crippen molar-refractivity contribution in [3.63, 3.8) is 0 Å². The molecule has 4 heterocycles. The first-order valence-electron chi connectivity index (χ1n) is 18.2. The Morgan fingerprint density at radius 2 is 1.77 bits per heavy atom. The van der Waals surface area contributed by atoms with Gasteiger partial charge in [-0.1, -0.05) is 67.7 Å². The Balaban J connectivity index is 1.32. The number of esters is 1. The van der Waals surface area contributed by atoms with Gasteiger partial charge in [0.1, 0.15) is 5.75 Å². The van der Waals surface area contributed by atoms with Gasteiger partial charge in [0.15, 0.2) is 11.8 Å². The number of hydrogen-bond donors (Lipinski definition) is 1. The number of carbonyl (C=O) groups is 4. The molecule has 3 amide bonds. The number of rotatable bonds is 10. The van der Waals surface area contributed by atoms with Crippen LogP contribution in [-0.2, 0) is 47.2 Å². The van der Waals surface area contributed by atoms with Crippen LogP contribution in [0.3, 0.4) is 0 Å². The molecule has 0 bridgehead atoms. The van der Waals surface area contributed by atoms with Gasteiger partial charge >= 0.3 is 5.97 Å². The lowest BCUT2D eigenvalue weighted by atomic mass is 9.82. The maximum absolute atomic E-state index is 15.0. The minimum absolute atomic E-state index is 0.0188. The number of fused-ring (bicyclic) bond motifs is 3. The highest BCUT2D eigenvalue weighted by Gasteiger charge is 2.66. The number of nitrogens with zero attached hydrogens (tertiary/aromatic N) is 3. The Hall–Kier alpha value is -4.78. The highest BCUT2D eigenvalue weighted by molar-refractivity contribution is 6.91. The number of amides is 3. The van der Waals surface area contributed by atoms with E-state index in [-0.39, 0.29) is 55.3 Å². The second kappa shape index (κ2) is 13.9. The molecule has 12 heteroatoms. The molecule has 278 valence electrons. The van der Waals surface area contributed by atoms with E-state index in [1.807, 2.05) is 55.5 Å². The zero-order chi connectivity index (χ0) is 37.8. The number of ether oxygens (including phenoxy) is 3. The second-order valence-electron chi connectivity index (χ2n) is 15.1. The van der Waals surface area contributed by atoms with Gasteiger partial charge in [-0.15, -0.1) is 6.58 Å². The average Bonchev–Trinajstić information content (AvgIpc) is 3.56. The summed E-state index contributed by atoms with van der Waals surface area (Å²) in [7, 11) is -0.949. The van der Waals surface area contributed by atoms with E-state index >= 15 is 0 Å². The van der Waals surface area contributed by atoms with Crippen molar-refractivity contribution in [1.82, 2.24) is 4.90 Å². The molecule has 7 rings (SSSR count). The third kappa shape index (κ3) is 5.96. The SMILES string of the molecule is C=CCN1C(=O)[C@@]2(O[C@@H](CC(=O)N3Cc4ccccc4C[C@H]3CO)[C@H]([Si](C)(C)c3ccc(OC)cc3)[C@H]2C)c2cc(N3C(=O)CC3OC(C)=O)ccc21. The molecule has 6 atom stereocenters. The van der Waals surface area contributed by atoms with Crippen LogP contribution in [-0.4, -0.2) is 80.4 Å². The fourth-order valence-corrected chi connectivity index (χ4v) is 13.3. The third-order valence-electron chi connectivity index (χ3n) is 11.9. The summed E-state index contributed by atoms with van der Waals surface area (Å²) < 4.78 is 18.1. The number of β-lactam (4-membered cyclic amide) rings is 1. The van der Waals surface area contributed by atoms with Crippen LogP contribution in [0.2, 0.25) is 18.6 Å². The van der Waals surface area contributed by atoms with Gasteiger partial charge in [-0.05, 0) is 53.4 Å². The van der Waals surface area contributed by atoms with E-state index < -0.39 is 37.9 Å². The summed E-state index contributed by atoms with van der Waals surface area (Å²) in [4.78, 5) is 59.1. The predicted molar refractivity (Wildman–Crippen MR) is 202 cm³/mol. The summed E-state index contributed by atoms with van der Waals surface area (Å²) in [5, 5.41) is 11.6. The molecule has 0 aliphatic carbocycles. The van der Waals surface area contributed by atoms with Gasteiger partial charge in [0.05, 0.1) is 52.5 Å². The van der Waals surface area contributed by atoms with Crippen molar-refractivity contribution in [3.8, 4) is 5.75 Å². The number of methoxy groups -OCH3 is 1. The quantitative estimate of drug-likeness (QED) is 0.141. The van der Waals surface area contributed by atoms with Crippen molar-refractivity contribution in [3.05, 3.63) is 96.1 Å². The van der Waals surface area contributed by atoms with E-state index in [0.29, 0.717) is 29.9 Å². The van der Waals surface area contributed by atoms with E-state index in [0.717, 1.165) is 22.1 Å². The van der Waals surface area contributed by atoms with Crippen LogP contribution in [0.5, 0.6) is 5.75 Å². The van der Waals surface area contributed by atoms with Crippen molar-refractivity contribution < 1.29 is 38.5 Å². The first-order valence-corrected chi connectivity index (χ1v) is 21.3. The summed E-state index contributed by atoms with van der Waals surface area (Å²) in [6.45, 7) is 12.2. The lowest BCUT2D eigenvalue weighted by molar-refractivity contribution is -0.154. The molecule has 53 heavy (non-hydrogen) atoms. The number of benzene rings is 3. The average molecular weight is 738 g/mol. The molecule has 0 radical (unpaired) electrons. The monoisotopic (exact) mass is 737 g/mol. The Morgan fingerprint density at radius 1 is 1.06 bits per heavy atom. The topological polar surface area (TPSA) is 126 Å². The van der Waals surface area contributed by atoms with E-state index in [9.17, 15) is 24.3 Å². The molecule has 3 aromatic rings. The van der Waals surface area contributed by atoms with Crippen molar-refractivity contribution in [2.24, 2.45) is 5.92 Å². The van der Waals surface area contributed by atoms with Crippen molar-refractivity contribution in [1.29, 1.82) is 0 Å². The zero-order valence-corrected chi connectivity index (χ0v) is 31.9. The van der Waals surface area contributed by atoms with E-state index in [2.05, 4.69) is 31.8 Å². The molecule has 1 unspecified atom stereocenters. The molecular formula is C41H47N3O8Si. The summed E-state index contributed by atoms with van der Waals surface area (Å²) in [6, 6.07) is 21.0. The molecule has 0 aromatic heterocycles. The standard InChI is InChI=1S/C41H47N3O8Si/c1-7-18-42-34-17-12-29(44-37(48)22-38(44)51-26(3)46)20-33(34)41(40(42)49)25(2)39(53(5,6)32-15-13-31(50-4)14-16-32)35(52-41)21-36(47)43-23-28-11-9-8-10-27(28)19-30(43)24-45/h7-17,20,25,30,35,38-39,45H,1,18-19,21-24H2,2-6H3/t25-,30+,35+,38?,39-,41+/m1/s1. The number of carbonyl (C=O) groups excluding carboxylic acids is 4. The number of anilines is 2. The Labute approximate surface area is 311 Å². The zero-order valence-electron chi connectivity index (χ0n) is 30.9. The fraction of sp³-hybridized carbons (Fsp3) is 0.415. The van der Waals surface area contributed by atoms with Crippen LogP contribution >= 0.6 is 0 Å². The van der Waals surface area contributed by atoms with Gasteiger partial charge < -0.3 is 29.1 Å². The molecule has 4 aliphatic rings. The van der Waals surface area contributed by atoms with Crippen LogP contribution in [0.4, 0.5) is 11.4 Å². The van der Waals surface area contributed by atoms with Gasteiger partial charge in [0, 0.05) is 37.2 Å². The molecule has 11 nitrogen and oxygen atoms in total. The molecular weight excluding hydrogens is 691 g/mol. The molecule has 4 aliphatic heterocycles.